The van der Waals surface area contributed by atoms with E-state index in [1.807, 2.05) is 42.5 Å². The van der Waals surface area contributed by atoms with Crippen molar-refractivity contribution in [2.75, 3.05) is 5.32 Å². The predicted molar refractivity (Wildman–Crippen MR) is 114 cm³/mol. The number of para-hydroxylation sites is 1. The number of H-pyrrole nitrogens is 1. The summed E-state index contributed by atoms with van der Waals surface area (Å²) >= 11 is 0. The standard InChI is InChI=1S/C23H18N6/c1-2-6-16-14(5-1)11-12-24-21(16)23-25-18-8-4-3-7-17(18)22(27-23)26-20-13-19(28-29-20)15-9-10-15/h1-8,11-13,15H,9-10H2,(H2,25,26,27,28,29). The van der Waals surface area contributed by atoms with Gasteiger partial charge in [0.1, 0.15) is 11.5 Å². The van der Waals surface area contributed by atoms with Gasteiger partial charge in [0, 0.05) is 34.6 Å². The van der Waals surface area contributed by atoms with Gasteiger partial charge in [0.25, 0.3) is 0 Å². The number of benzene rings is 2. The van der Waals surface area contributed by atoms with Gasteiger partial charge in [0.2, 0.25) is 0 Å². The Balaban J connectivity index is 1.50. The summed E-state index contributed by atoms with van der Waals surface area (Å²) in [4.78, 5) is 14.2. The molecule has 2 N–H and O–H groups in total. The highest BCUT2D eigenvalue weighted by molar-refractivity contribution is 5.96. The smallest absolute Gasteiger partial charge is 0.181 e. The molecule has 0 amide bonds. The number of nitrogens with one attached hydrogen (secondary N) is 2. The van der Waals surface area contributed by atoms with Crippen LogP contribution < -0.4 is 5.32 Å². The molecule has 0 atom stereocenters. The molecule has 0 saturated heterocycles. The Labute approximate surface area is 167 Å². The van der Waals surface area contributed by atoms with E-state index in [9.17, 15) is 0 Å². The second-order valence-electron chi connectivity index (χ2n) is 7.40. The van der Waals surface area contributed by atoms with Gasteiger partial charge in [-0.25, -0.2) is 9.97 Å². The van der Waals surface area contributed by atoms with Gasteiger partial charge in [-0.3, -0.25) is 10.1 Å². The van der Waals surface area contributed by atoms with Gasteiger partial charge in [0.15, 0.2) is 11.6 Å². The summed E-state index contributed by atoms with van der Waals surface area (Å²) in [5.74, 6) is 2.72. The fraction of sp³-hybridized carbons (Fsp3) is 0.130. The second-order valence-corrected chi connectivity index (χ2v) is 7.40. The van der Waals surface area contributed by atoms with E-state index in [1.54, 1.807) is 6.20 Å². The maximum atomic E-state index is 4.85. The minimum absolute atomic E-state index is 0.598. The van der Waals surface area contributed by atoms with Crippen LogP contribution in [0.4, 0.5) is 11.6 Å². The van der Waals surface area contributed by atoms with Crippen molar-refractivity contribution in [1.82, 2.24) is 25.1 Å². The van der Waals surface area contributed by atoms with Gasteiger partial charge < -0.3 is 5.32 Å². The fourth-order valence-electron chi connectivity index (χ4n) is 3.70. The third-order valence-electron chi connectivity index (χ3n) is 5.35. The summed E-state index contributed by atoms with van der Waals surface area (Å²) in [5.41, 5.74) is 2.83. The highest BCUT2D eigenvalue weighted by Gasteiger charge is 2.25. The normalized spacial score (nSPS) is 13.8. The molecular formula is C23H18N6. The van der Waals surface area contributed by atoms with Crippen LogP contribution in [0.25, 0.3) is 33.2 Å². The maximum Gasteiger partial charge on any atom is 0.181 e. The molecule has 3 heterocycles. The monoisotopic (exact) mass is 378 g/mol. The largest absolute Gasteiger partial charge is 0.323 e. The van der Waals surface area contributed by atoms with Crippen LogP contribution in [0, 0.1) is 0 Å². The third kappa shape index (κ3) is 2.89. The summed E-state index contributed by atoms with van der Waals surface area (Å²) < 4.78 is 0. The van der Waals surface area contributed by atoms with E-state index in [2.05, 4.69) is 38.7 Å². The van der Waals surface area contributed by atoms with Gasteiger partial charge in [-0.05, 0) is 36.4 Å². The number of aromatic nitrogens is 5. The molecule has 1 fully saturated rings. The highest BCUT2D eigenvalue weighted by Crippen LogP contribution is 2.40. The summed E-state index contributed by atoms with van der Waals surface area (Å²) in [6.07, 6.45) is 4.27. The van der Waals surface area contributed by atoms with Gasteiger partial charge in [-0.15, -0.1) is 0 Å². The number of fused-ring (bicyclic) bond motifs is 2. The predicted octanol–water partition coefficient (Wildman–Crippen LogP) is 5.19. The Bertz CT molecular complexity index is 1350. The number of anilines is 2. The van der Waals surface area contributed by atoms with Crippen LogP contribution in [0.5, 0.6) is 0 Å². The van der Waals surface area contributed by atoms with Gasteiger partial charge in [-0.2, -0.15) is 5.10 Å². The molecule has 0 unspecified atom stereocenters. The number of hydrogen-bond acceptors (Lipinski definition) is 5. The van der Waals surface area contributed by atoms with E-state index in [1.165, 1.54) is 18.5 Å². The zero-order chi connectivity index (χ0) is 19.2. The van der Waals surface area contributed by atoms with Crippen LogP contribution in [-0.2, 0) is 0 Å². The zero-order valence-electron chi connectivity index (χ0n) is 15.6. The van der Waals surface area contributed by atoms with Crippen molar-refractivity contribution in [2.24, 2.45) is 0 Å². The van der Waals surface area contributed by atoms with Gasteiger partial charge >= 0.3 is 0 Å². The molecule has 5 aromatic rings. The molecule has 3 aromatic heterocycles. The molecule has 29 heavy (non-hydrogen) atoms. The van der Waals surface area contributed by atoms with Crippen LogP contribution in [0.3, 0.4) is 0 Å². The van der Waals surface area contributed by atoms with Crippen LogP contribution >= 0.6 is 0 Å². The molecule has 1 aliphatic rings. The lowest BCUT2D eigenvalue weighted by Crippen LogP contribution is -2.01. The molecule has 0 aliphatic heterocycles. The quantitative estimate of drug-likeness (QED) is 0.450. The summed E-state index contributed by atoms with van der Waals surface area (Å²) in [6.45, 7) is 0. The molecule has 1 saturated carbocycles. The summed E-state index contributed by atoms with van der Waals surface area (Å²) in [6, 6.07) is 20.2. The highest BCUT2D eigenvalue weighted by atomic mass is 15.2. The number of rotatable bonds is 4. The average Bonchev–Trinajstić information content (AvgIpc) is 3.52. The molecule has 0 radical (unpaired) electrons. The Hall–Kier alpha value is -3.80. The fourth-order valence-corrected chi connectivity index (χ4v) is 3.70. The van der Waals surface area contributed by atoms with E-state index in [0.717, 1.165) is 39.0 Å². The first-order chi connectivity index (χ1) is 14.3. The lowest BCUT2D eigenvalue weighted by molar-refractivity contribution is 0.966. The Morgan fingerprint density at radius 2 is 1.72 bits per heavy atom. The zero-order valence-corrected chi connectivity index (χ0v) is 15.6. The van der Waals surface area contributed by atoms with Crippen molar-refractivity contribution >= 4 is 33.3 Å². The SMILES string of the molecule is c1ccc2c(-c3nc(Nc4cc(C5CC5)[nH]n4)c4ccccc4n3)nccc2c1. The summed E-state index contributed by atoms with van der Waals surface area (Å²) in [7, 11) is 0. The molecule has 0 spiro atoms. The lowest BCUT2D eigenvalue weighted by atomic mass is 10.1. The van der Waals surface area contributed by atoms with Crippen molar-refractivity contribution in [3.63, 3.8) is 0 Å². The van der Waals surface area contributed by atoms with E-state index in [4.69, 9.17) is 9.97 Å². The lowest BCUT2D eigenvalue weighted by Gasteiger charge is -2.10. The van der Waals surface area contributed by atoms with Crippen LogP contribution in [0.2, 0.25) is 0 Å². The van der Waals surface area contributed by atoms with E-state index in [0.29, 0.717) is 11.7 Å². The average molecular weight is 378 g/mol. The minimum atomic E-state index is 0.598. The van der Waals surface area contributed by atoms with Crippen molar-refractivity contribution < 1.29 is 0 Å². The molecule has 6 rings (SSSR count). The molecule has 2 aromatic carbocycles. The van der Waals surface area contributed by atoms with Crippen molar-refractivity contribution in [3.05, 3.63) is 72.6 Å². The van der Waals surface area contributed by atoms with Crippen molar-refractivity contribution in [2.45, 2.75) is 18.8 Å². The number of aromatic amines is 1. The topological polar surface area (TPSA) is 79.4 Å². The van der Waals surface area contributed by atoms with Crippen molar-refractivity contribution in [3.8, 4) is 11.5 Å². The Morgan fingerprint density at radius 1 is 0.897 bits per heavy atom. The first-order valence-corrected chi connectivity index (χ1v) is 9.78. The summed E-state index contributed by atoms with van der Waals surface area (Å²) in [5, 5.41) is 14.0. The molecule has 140 valence electrons. The first-order valence-electron chi connectivity index (χ1n) is 9.78. The molecule has 6 heteroatoms. The van der Waals surface area contributed by atoms with Gasteiger partial charge in [-0.1, -0.05) is 36.4 Å². The molecular weight excluding hydrogens is 360 g/mol. The molecule has 6 nitrogen and oxygen atoms in total. The number of pyridine rings is 1. The number of hydrogen-bond donors (Lipinski definition) is 2. The Morgan fingerprint density at radius 3 is 2.62 bits per heavy atom. The van der Waals surface area contributed by atoms with Crippen LogP contribution in [-0.4, -0.2) is 25.1 Å². The third-order valence-corrected chi connectivity index (χ3v) is 5.35. The van der Waals surface area contributed by atoms with Gasteiger partial charge in [0.05, 0.1) is 5.52 Å². The van der Waals surface area contributed by atoms with Crippen LogP contribution in [0.1, 0.15) is 24.5 Å². The maximum absolute atomic E-state index is 4.85. The van der Waals surface area contributed by atoms with Crippen LogP contribution in [0.15, 0.2) is 66.9 Å². The Kier molecular flexibility index (Phi) is 3.56. The molecule has 0 bridgehead atoms. The first kappa shape index (κ1) is 16.2. The molecule has 1 aliphatic carbocycles. The van der Waals surface area contributed by atoms with Crippen molar-refractivity contribution in [1.29, 1.82) is 0 Å². The van der Waals surface area contributed by atoms with E-state index < -0.39 is 0 Å². The minimum Gasteiger partial charge on any atom is -0.323 e. The number of nitrogens with zero attached hydrogens (tertiary/aromatic N) is 4. The van der Waals surface area contributed by atoms with E-state index in [-0.39, 0.29) is 0 Å². The second kappa shape index (κ2) is 6.38. The van der Waals surface area contributed by atoms with E-state index >= 15 is 0 Å².